The Hall–Kier alpha value is -2.68. The van der Waals surface area contributed by atoms with Crippen molar-refractivity contribution in [3.63, 3.8) is 0 Å². The van der Waals surface area contributed by atoms with Gasteiger partial charge in [-0.2, -0.15) is 0 Å². The molecule has 0 unspecified atom stereocenters. The molecule has 1 aromatic carbocycles. The molecule has 1 fully saturated rings. The summed E-state index contributed by atoms with van der Waals surface area (Å²) in [6.45, 7) is 0.0776. The van der Waals surface area contributed by atoms with Crippen LogP contribution in [-0.4, -0.2) is 39.4 Å². The van der Waals surface area contributed by atoms with Crippen LogP contribution in [0.1, 0.15) is 18.6 Å². The monoisotopic (exact) mass is 452 g/mol. The van der Waals surface area contributed by atoms with E-state index in [0.717, 1.165) is 4.90 Å². The number of thiocarbonyl (C=S) groups is 1. The molecular weight excluding hydrogens is 439 g/mol. The molecule has 0 aliphatic carbocycles. The van der Waals surface area contributed by atoms with Crippen LogP contribution >= 0.6 is 35.4 Å². The molecule has 0 saturated carbocycles. The number of benzene rings is 1. The van der Waals surface area contributed by atoms with Crippen molar-refractivity contribution in [3.8, 4) is 11.3 Å². The van der Waals surface area contributed by atoms with Crippen LogP contribution in [0.25, 0.3) is 17.4 Å². The summed E-state index contributed by atoms with van der Waals surface area (Å²) in [4.78, 5) is 36.7. The lowest BCUT2D eigenvalue weighted by atomic mass is 10.1. The van der Waals surface area contributed by atoms with Crippen LogP contribution in [0.15, 0.2) is 40.3 Å². The van der Waals surface area contributed by atoms with E-state index >= 15 is 0 Å². The Morgan fingerprint density at radius 3 is 2.66 bits per heavy atom. The summed E-state index contributed by atoms with van der Waals surface area (Å²) in [5.74, 6) is -1.49. The number of carboxylic acid groups (broad SMARTS) is 1. The highest BCUT2D eigenvalue weighted by Crippen LogP contribution is 2.30. The molecule has 0 radical (unpaired) electrons. The van der Waals surface area contributed by atoms with Crippen LogP contribution < -0.4 is 5.32 Å². The summed E-state index contributed by atoms with van der Waals surface area (Å²) in [7, 11) is 0. The number of rotatable bonds is 6. The number of nitrogens with one attached hydrogen (secondary N) is 1. The lowest BCUT2D eigenvalue weighted by molar-refractivity contribution is -0.137. The maximum absolute atomic E-state index is 12.7. The number of carboxylic acids is 1. The van der Waals surface area contributed by atoms with E-state index in [4.69, 9.17) is 44.9 Å². The molecule has 1 aliphatic rings. The van der Waals surface area contributed by atoms with E-state index in [-0.39, 0.29) is 35.8 Å². The predicted octanol–water partition coefficient (Wildman–Crippen LogP) is 3.74. The van der Waals surface area contributed by atoms with Gasteiger partial charge in [-0.25, -0.2) is 0 Å². The van der Waals surface area contributed by atoms with Gasteiger partial charge in [0.15, 0.2) is 5.11 Å². The van der Waals surface area contributed by atoms with Gasteiger partial charge in [0.05, 0.1) is 10.0 Å². The van der Waals surface area contributed by atoms with E-state index in [9.17, 15) is 14.4 Å². The number of hydrogen-bond donors (Lipinski definition) is 2. The molecule has 1 aromatic heterocycles. The van der Waals surface area contributed by atoms with Gasteiger partial charge in [0.2, 0.25) is 0 Å². The molecule has 2 amide bonds. The van der Waals surface area contributed by atoms with Crippen LogP contribution in [0.5, 0.6) is 0 Å². The molecule has 10 heteroatoms. The SMILES string of the molecule is O=C(O)CCCN1C(=O)C(=Cc2ccc(-c3ccc(Cl)c(Cl)c3)o2)C(=O)NC1=S. The molecule has 2 aromatic rings. The molecule has 1 saturated heterocycles. The highest BCUT2D eigenvalue weighted by atomic mass is 35.5. The fraction of sp³-hybridized carbons (Fsp3) is 0.158. The maximum atomic E-state index is 12.7. The van der Waals surface area contributed by atoms with Crippen molar-refractivity contribution < 1.29 is 23.9 Å². The van der Waals surface area contributed by atoms with Gasteiger partial charge in [0, 0.05) is 18.5 Å². The van der Waals surface area contributed by atoms with Crippen molar-refractivity contribution in [3.05, 3.63) is 51.7 Å². The summed E-state index contributed by atoms with van der Waals surface area (Å²) >= 11 is 16.9. The average Bonchev–Trinajstić information content (AvgIpc) is 3.12. The molecule has 0 atom stereocenters. The molecule has 3 rings (SSSR count). The Labute approximate surface area is 180 Å². The minimum atomic E-state index is -0.981. The average molecular weight is 453 g/mol. The molecule has 1 aliphatic heterocycles. The minimum absolute atomic E-state index is 0.0570. The Morgan fingerprint density at radius 1 is 1.21 bits per heavy atom. The van der Waals surface area contributed by atoms with E-state index in [1.54, 1.807) is 30.3 Å². The molecule has 2 N–H and O–H groups in total. The zero-order chi connectivity index (χ0) is 21.1. The van der Waals surface area contributed by atoms with Crippen molar-refractivity contribution in [2.24, 2.45) is 0 Å². The molecular formula is C19H14Cl2N2O5S. The summed E-state index contributed by atoms with van der Waals surface area (Å²) in [6.07, 6.45) is 1.39. The number of furan rings is 1. The van der Waals surface area contributed by atoms with Gasteiger partial charge in [-0.15, -0.1) is 0 Å². The van der Waals surface area contributed by atoms with E-state index < -0.39 is 17.8 Å². The van der Waals surface area contributed by atoms with Gasteiger partial charge in [-0.05, 0) is 55.0 Å². The summed E-state index contributed by atoms with van der Waals surface area (Å²) in [6, 6.07) is 8.28. The van der Waals surface area contributed by atoms with Crippen molar-refractivity contribution in [1.29, 1.82) is 0 Å². The second kappa shape index (κ2) is 8.77. The first kappa shape index (κ1) is 21.0. The van der Waals surface area contributed by atoms with Gasteiger partial charge in [-0.3, -0.25) is 24.6 Å². The van der Waals surface area contributed by atoms with Crippen LogP contribution in [0.3, 0.4) is 0 Å². The van der Waals surface area contributed by atoms with Crippen LogP contribution in [0.4, 0.5) is 0 Å². The fourth-order valence-electron chi connectivity index (χ4n) is 2.66. The summed E-state index contributed by atoms with van der Waals surface area (Å²) in [5, 5.41) is 11.9. The second-order valence-corrected chi connectivity index (χ2v) is 7.30. The number of carbonyl (C=O) groups is 3. The minimum Gasteiger partial charge on any atom is -0.481 e. The number of hydrogen-bond acceptors (Lipinski definition) is 5. The Bertz CT molecular complexity index is 1050. The first-order valence-electron chi connectivity index (χ1n) is 8.42. The first-order valence-corrected chi connectivity index (χ1v) is 9.58. The second-order valence-electron chi connectivity index (χ2n) is 6.10. The third-order valence-corrected chi connectivity index (χ3v) is 5.14. The standard InChI is InChI=1S/C19H14Cl2N2O5S/c20-13-5-3-10(8-14(13)21)15-6-4-11(28-15)9-12-17(26)22-19(29)23(18(12)27)7-1-2-16(24)25/h3-6,8-9H,1-2,7H2,(H,24,25)(H,22,26,29). The zero-order valence-corrected chi connectivity index (χ0v) is 17.1. The number of carbonyl (C=O) groups excluding carboxylic acids is 2. The van der Waals surface area contributed by atoms with E-state index in [0.29, 0.717) is 21.4 Å². The molecule has 29 heavy (non-hydrogen) atoms. The quantitative estimate of drug-likeness (QED) is 0.393. The molecule has 0 bridgehead atoms. The van der Waals surface area contributed by atoms with Crippen molar-refractivity contribution in [2.75, 3.05) is 6.54 Å². The van der Waals surface area contributed by atoms with Crippen LogP contribution in [0, 0.1) is 0 Å². The molecule has 7 nitrogen and oxygen atoms in total. The normalized spacial score (nSPS) is 15.7. The number of amides is 2. The summed E-state index contributed by atoms with van der Waals surface area (Å²) < 4.78 is 5.70. The lowest BCUT2D eigenvalue weighted by Gasteiger charge is -2.28. The Morgan fingerprint density at radius 2 is 1.97 bits per heavy atom. The third-order valence-electron chi connectivity index (χ3n) is 4.08. The zero-order valence-electron chi connectivity index (χ0n) is 14.8. The Kier molecular flexibility index (Phi) is 6.36. The largest absolute Gasteiger partial charge is 0.481 e. The van der Waals surface area contributed by atoms with Crippen molar-refractivity contribution in [2.45, 2.75) is 12.8 Å². The fourth-order valence-corrected chi connectivity index (χ4v) is 3.23. The van der Waals surface area contributed by atoms with Gasteiger partial charge in [-0.1, -0.05) is 23.2 Å². The summed E-state index contributed by atoms with van der Waals surface area (Å²) in [5.41, 5.74) is 0.518. The van der Waals surface area contributed by atoms with Crippen LogP contribution in [-0.2, 0) is 14.4 Å². The maximum Gasteiger partial charge on any atom is 0.303 e. The smallest absolute Gasteiger partial charge is 0.303 e. The number of halogens is 2. The lowest BCUT2D eigenvalue weighted by Crippen LogP contribution is -2.54. The van der Waals surface area contributed by atoms with Crippen molar-refractivity contribution >= 4 is 64.4 Å². The van der Waals surface area contributed by atoms with E-state index in [1.807, 2.05) is 0 Å². The first-order chi connectivity index (χ1) is 13.8. The van der Waals surface area contributed by atoms with E-state index in [2.05, 4.69) is 5.32 Å². The van der Waals surface area contributed by atoms with E-state index in [1.165, 1.54) is 6.08 Å². The predicted molar refractivity (Wildman–Crippen MR) is 111 cm³/mol. The molecule has 2 heterocycles. The van der Waals surface area contributed by atoms with Gasteiger partial charge >= 0.3 is 5.97 Å². The van der Waals surface area contributed by atoms with Gasteiger partial charge in [0.25, 0.3) is 11.8 Å². The van der Waals surface area contributed by atoms with Crippen LogP contribution in [0.2, 0.25) is 10.0 Å². The van der Waals surface area contributed by atoms with Gasteiger partial charge < -0.3 is 9.52 Å². The highest BCUT2D eigenvalue weighted by Gasteiger charge is 2.33. The third kappa shape index (κ3) is 4.84. The highest BCUT2D eigenvalue weighted by molar-refractivity contribution is 7.80. The Balaban J connectivity index is 1.82. The number of aliphatic carboxylic acids is 1. The number of nitrogens with zero attached hydrogens (tertiary/aromatic N) is 1. The van der Waals surface area contributed by atoms with Crippen molar-refractivity contribution in [1.82, 2.24) is 10.2 Å². The molecule has 0 spiro atoms. The topological polar surface area (TPSA) is 99.8 Å². The molecule has 150 valence electrons. The van der Waals surface area contributed by atoms with Gasteiger partial charge in [0.1, 0.15) is 17.1 Å².